The van der Waals surface area contributed by atoms with Crippen LogP contribution in [-0.4, -0.2) is 16.5 Å². The van der Waals surface area contributed by atoms with Crippen LogP contribution in [0.2, 0.25) is 0 Å². The highest BCUT2D eigenvalue weighted by Crippen LogP contribution is 2.25. The minimum absolute atomic E-state index is 0.121. The summed E-state index contributed by atoms with van der Waals surface area (Å²) in [6.45, 7) is 0.714. The van der Waals surface area contributed by atoms with Gasteiger partial charge in [-0.3, -0.25) is 0 Å². The molecule has 2 aromatic heterocycles. The fourth-order valence-electron chi connectivity index (χ4n) is 2.74. The second-order valence-corrected chi connectivity index (χ2v) is 6.95. The first-order valence-electron chi connectivity index (χ1n) is 8.44. The molecule has 0 bridgehead atoms. The highest BCUT2D eigenvalue weighted by atomic mass is 32.1. The zero-order valence-corrected chi connectivity index (χ0v) is 15.1. The van der Waals surface area contributed by atoms with Crippen molar-refractivity contribution < 1.29 is 8.78 Å². The molecule has 0 spiro atoms. The predicted octanol–water partition coefficient (Wildman–Crippen LogP) is 5.37. The van der Waals surface area contributed by atoms with Crippen molar-refractivity contribution in [2.24, 2.45) is 0 Å². The van der Waals surface area contributed by atoms with E-state index >= 15 is 0 Å². The Morgan fingerprint density at radius 1 is 0.963 bits per heavy atom. The fraction of sp³-hybridized carbons (Fsp3) is 0.100. The van der Waals surface area contributed by atoms with E-state index in [-0.39, 0.29) is 11.6 Å². The largest absolute Gasteiger partial charge is 0.369 e. The van der Waals surface area contributed by atoms with Crippen LogP contribution >= 0.6 is 11.3 Å². The van der Waals surface area contributed by atoms with Crippen LogP contribution in [0.1, 0.15) is 4.88 Å². The topological polar surface area (TPSA) is 49.8 Å². The van der Waals surface area contributed by atoms with Gasteiger partial charge in [-0.2, -0.15) is 4.98 Å². The number of halogens is 2. The number of hydrogen-bond donors (Lipinski definition) is 2. The molecule has 2 heterocycles. The summed E-state index contributed by atoms with van der Waals surface area (Å²) in [6, 6.07) is 15.1. The van der Waals surface area contributed by atoms with E-state index in [0.29, 0.717) is 12.4 Å². The third-order valence-corrected chi connectivity index (χ3v) is 4.96. The molecule has 0 aliphatic heterocycles. The number of fused-ring (bicyclic) bond motifs is 1. The van der Waals surface area contributed by atoms with Crippen LogP contribution < -0.4 is 10.6 Å². The standard InChI is InChI=1S/C20H16F2N4S/c21-13-7-8-18(16(22)12-13)25-20-24-17-6-2-1-5-15(17)19(26-20)23-10-9-14-4-3-11-27-14/h1-8,11-12H,9-10H2,(H2,23,24,25,26). The molecule has 136 valence electrons. The van der Waals surface area contributed by atoms with Crippen molar-refractivity contribution >= 4 is 39.7 Å². The van der Waals surface area contributed by atoms with Crippen LogP contribution in [0, 0.1) is 11.6 Å². The average molecular weight is 382 g/mol. The van der Waals surface area contributed by atoms with E-state index < -0.39 is 11.6 Å². The molecule has 0 saturated carbocycles. The minimum Gasteiger partial charge on any atom is -0.369 e. The van der Waals surface area contributed by atoms with Crippen LogP contribution in [0.5, 0.6) is 0 Å². The third-order valence-electron chi connectivity index (χ3n) is 4.02. The van der Waals surface area contributed by atoms with Gasteiger partial charge >= 0.3 is 0 Å². The van der Waals surface area contributed by atoms with Gasteiger partial charge in [0.25, 0.3) is 0 Å². The van der Waals surface area contributed by atoms with E-state index in [9.17, 15) is 8.78 Å². The van der Waals surface area contributed by atoms with Gasteiger partial charge in [0.2, 0.25) is 5.95 Å². The monoisotopic (exact) mass is 382 g/mol. The molecule has 7 heteroatoms. The maximum atomic E-state index is 13.9. The first kappa shape index (κ1) is 17.4. The number of aromatic nitrogens is 2. The molecule has 4 nitrogen and oxygen atoms in total. The molecule has 2 N–H and O–H groups in total. The lowest BCUT2D eigenvalue weighted by Crippen LogP contribution is -2.08. The van der Waals surface area contributed by atoms with Gasteiger partial charge in [-0.15, -0.1) is 11.3 Å². The molecule has 0 fully saturated rings. The lowest BCUT2D eigenvalue weighted by atomic mass is 10.2. The van der Waals surface area contributed by atoms with Gasteiger partial charge < -0.3 is 10.6 Å². The summed E-state index contributed by atoms with van der Waals surface area (Å²) in [5, 5.41) is 9.11. The van der Waals surface area contributed by atoms with Crippen molar-refractivity contribution in [3.05, 3.63) is 76.5 Å². The van der Waals surface area contributed by atoms with Crippen molar-refractivity contribution in [3.8, 4) is 0 Å². The van der Waals surface area contributed by atoms with E-state index in [1.165, 1.54) is 17.0 Å². The number of anilines is 3. The van der Waals surface area contributed by atoms with E-state index in [2.05, 4.69) is 32.0 Å². The molecular formula is C20H16F2N4S. The lowest BCUT2D eigenvalue weighted by molar-refractivity contribution is 0.586. The first-order valence-corrected chi connectivity index (χ1v) is 9.32. The second kappa shape index (κ2) is 7.67. The molecule has 0 amide bonds. The maximum absolute atomic E-state index is 13.9. The van der Waals surface area contributed by atoms with Crippen LogP contribution in [0.4, 0.5) is 26.2 Å². The van der Waals surface area contributed by atoms with Gasteiger partial charge in [0, 0.05) is 22.9 Å². The smallest absolute Gasteiger partial charge is 0.229 e. The number of hydrogen-bond acceptors (Lipinski definition) is 5. The minimum atomic E-state index is -0.695. The normalized spacial score (nSPS) is 10.9. The second-order valence-electron chi connectivity index (χ2n) is 5.92. The van der Waals surface area contributed by atoms with Gasteiger partial charge in [-0.1, -0.05) is 18.2 Å². The summed E-state index contributed by atoms with van der Waals surface area (Å²) in [4.78, 5) is 10.2. The maximum Gasteiger partial charge on any atom is 0.229 e. The quantitative estimate of drug-likeness (QED) is 0.471. The van der Waals surface area contributed by atoms with E-state index in [4.69, 9.17) is 0 Å². The first-order chi connectivity index (χ1) is 13.2. The fourth-order valence-corrected chi connectivity index (χ4v) is 3.45. The molecule has 27 heavy (non-hydrogen) atoms. The predicted molar refractivity (Wildman–Crippen MR) is 106 cm³/mol. The summed E-state index contributed by atoms with van der Waals surface area (Å²) in [5.74, 6) is -0.410. The highest BCUT2D eigenvalue weighted by molar-refractivity contribution is 7.09. The van der Waals surface area contributed by atoms with Gasteiger partial charge in [0.15, 0.2) is 0 Å². The Balaban J connectivity index is 1.61. The Labute approximate surface area is 158 Å². The molecule has 2 aromatic carbocycles. The molecule has 0 saturated heterocycles. The molecule has 0 unspecified atom stereocenters. The molecule has 4 rings (SSSR count). The van der Waals surface area contributed by atoms with Crippen LogP contribution in [0.3, 0.4) is 0 Å². The highest BCUT2D eigenvalue weighted by Gasteiger charge is 2.10. The van der Waals surface area contributed by atoms with Crippen molar-refractivity contribution in [2.45, 2.75) is 6.42 Å². The molecule has 0 aliphatic carbocycles. The zero-order chi connectivity index (χ0) is 18.6. The van der Waals surface area contributed by atoms with E-state index in [1.54, 1.807) is 11.3 Å². The Kier molecular flexibility index (Phi) is 4.93. The van der Waals surface area contributed by atoms with Crippen LogP contribution in [0.25, 0.3) is 10.9 Å². The van der Waals surface area contributed by atoms with Gasteiger partial charge in [0.1, 0.15) is 17.5 Å². The molecule has 0 atom stereocenters. The zero-order valence-electron chi connectivity index (χ0n) is 14.2. The lowest BCUT2D eigenvalue weighted by Gasteiger charge is -2.12. The van der Waals surface area contributed by atoms with Gasteiger partial charge in [0.05, 0.1) is 11.2 Å². The van der Waals surface area contributed by atoms with Crippen molar-refractivity contribution in [3.63, 3.8) is 0 Å². The Hall–Kier alpha value is -3.06. The summed E-state index contributed by atoms with van der Waals surface area (Å²) in [5.41, 5.74) is 0.854. The number of nitrogens with one attached hydrogen (secondary N) is 2. The summed E-state index contributed by atoms with van der Waals surface area (Å²) < 4.78 is 27.0. The van der Waals surface area contributed by atoms with Crippen LogP contribution in [0.15, 0.2) is 60.0 Å². The Bertz CT molecular complexity index is 1070. The van der Waals surface area contributed by atoms with Crippen molar-refractivity contribution in [2.75, 3.05) is 17.2 Å². The summed E-state index contributed by atoms with van der Waals surface area (Å²) in [7, 11) is 0. The van der Waals surface area contributed by atoms with Crippen molar-refractivity contribution in [1.29, 1.82) is 0 Å². The van der Waals surface area contributed by atoms with Gasteiger partial charge in [-0.05, 0) is 42.1 Å². The number of benzene rings is 2. The molecule has 0 radical (unpaired) electrons. The molecular weight excluding hydrogens is 366 g/mol. The Morgan fingerprint density at radius 3 is 2.67 bits per heavy atom. The number of nitrogens with zero attached hydrogens (tertiary/aromatic N) is 2. The number of rotatable bonds is 6. The molecule has 4 aromatic rings. The van der Waals surface area contributed by atoms with Crippen molar-refractivity contribution in [1.82, 2.24) is 9.97 Å². The summed E-state index contributed by atoms with van der Waals surface area (Å²) in [6.07, 6.45) is 0.880. The SMILES string of the molecule is Fc1ccc(Nc2nc(NCCc3cccs3)c3ccccc3n2)c(F)c1. The average Bonchev–Trinajstić information content (AvgIpc) is 3.17. The third kappa shape index (κ3) is 4.03. The van der Waals surface area contributed by atoms with Crippen LogP contribution in [-0.2, 0) is 6.42 Å². The van der Waals surface area contributed by atoms with E-state index in [0.717, 1.165) is 23.4 Å². The number of thiophene rings is 1. The Morgan fingerprint density at radius 2 is 1.85 bits per heavy atom. The van der Waals surface area contributed by atoms with Gasteiger partial charge in [-0.25, -0.2) is 13.8 Å². The molecule has 0 aliphatic rings. The number of para-hydroxylation sites is 1. The van der Waals surface area contributed by atoms with E-state index in [1.807, 2.05) is 30.3 Å². The summed E-state index contributed by atoms with van der Waals surface area (Å²) >= 11 is 1.71.